The summed E-state index contributed by atoms with van der Waals surface area (Å²) in [6.07, 6.45) is 3.81. The molecule has 1 fully saturated rings. The van der Waals surface area contributed by atoms with Gasteiger partial charge in [0, 0.05) is 5.92 Å². The minimum Gasteiger partial charge on any atom is -0.468 e. The molecule has 1 heterocycles. The Hall–Kier alpha value is -1.25. The van der Waals surface area contributed by atoms with E-state index in [4.69, 9.17) is 4.42 Å². The van der Waals surface area contributed by atoms with Gasteiger partial charge < -0.3 is 9.15 Å². The number of carbonyl (C=O) groups excluding carboxylic acids is 1. The summed E-state index contributed by atoms with van der Waals surface area (Å²) in [5.41, 5.74) is 0.513. The van der Waals surface area contributed by atoms with Crippen molar-refractivity contribution in [1.29, 1.82) is 0 Å². The highest BCUT2D eigenvalue weighted by atomic mass is 16.5. The average Bonchev–Trinajstić information content (AvgIpc) is 2.83. The van der Waals surface area contributed by atoms with Crippen LogP contribution in [0.3, 0.4) is 0 Å². The van der Waals surface area contributed by atoms with Gasteiger partial charge in [-0.05, 0) is 18.9 Å². The van der Waals surface area contributed by atoms with Crippen molar-refractivity contribution in [2.45, 2.75) is 18.8 Å². The molecule has 3 heteroatoms. The molecule has 12 heavy (non-hydrogen) atoms. The van der Waals surface area contributed by atoms with Crippen molar-refractivity contribution in [2.24, 2.45) is 0 Å². The van der Waals surface area contributed by atoms with Gasteiger partial charge in [-0.1, -0.05) is 0 Å². The van der Waals surface area contributed by atoms with E-state index in [0.717, 1.165) is 5.76 Å². The van der Waals surface area contributed by atoms with E-state index in [1.54, 1.807) is 6.07 Å². The zero-order valence-corrected chi connectivity index (χ0v) is 6.87. The Morgan fingerprint density at radius 3 is 3.00 bits per heavy atom. The topological polar surface area (TPSA) is 39.4 Å². The highest BCUT2D eigenvalue weighted by Gasteiger charge is 2.27. The third-order valence-corrected chi connectivity index (χ3v) is 2.02. The van der Waals surface area contributed by atoms with Crippen molar-refractivity contribution in [3.05, 3.63) is 23.7 Å². The largest absolute Gasteiger partial charge is 0.468 e. The Morgan fingerprint density at radius 2 is 2.42 bits per heavy atom. The van der Waals surface area contributed by atoms with E-state index >= 15 is 0 Å². The number of hydrogen-bond donors (Lipinski definition) is 0. The Morgan fingerprint density at radius 1 is 1.67 bits per heavy atom. The quantitative estimate of drug-likeness (QED) is 0.630. The molecule has 0 aromatic carbocycles. The maximum atomic E-state index is 11.0. The first-order chi connectivity index (χ1) is 5.81. The fraction of sp³-hybridized carbons (Fsp3) is 0.444. The minimum absolute atomic E-state index is 0.328. The molecule has 1 saturated carbocycles. The van der Waals surface area contributed by atoms with Crippen molar-refractivity contribution in [2.75, 3.05) is 7.11 Å². The molecule has 0 atom stereocenters. The van der Waals surface area contributed by atoms with Crippen LogP contribution in [0, 0.1) is 0 Å². The highest BCUT2D eigenvalue weighted by molar-refractivity contribution is 5.89. The summed E-state index contributed by atoms with van der Waals surface area (Å²) in [6, 6.07) is 1.77. The lowest BCUT2D eigenvalue weighted by atomic mass is 10.2. The molecule has 1 aliphatic rings. The molecule has 1 aromatic rings. The summed E-state index contributed by atoms with van der Waals surface area (Å²) in [6.45, 7) is 0. The fourth-order valence-electron chi connectivity index (χ4n) is 1.16. The molecule has 0 radical (unpaired) electrons. The number of furan rings is 1. The van der Waals surface area contributed by atoms with Gasteiger partial charge in [0.1, 0.15) is 12.0 Å². The van der Waals surface area contributed by atoms with E-state index in [1.165, 1.54) is 26.2 Å². The molecule has 1 aliphatic carbocycles. The van der Waals surface area contributed by atoms with Crippen molar-refractivity contribution < 1.29 is 13.9 Å². The van der Waals surface area contributed by atoms with Crippen LogP contribution in [0.1, 0.15) is 34.9 Å². The Bertz CT molecular complexity index is 296. The van der Waals surface area contributed by atoms with Crippen LogP contribution in [0.15, 0.2) is 16.7 Å². The van der Waals surface area contributed by atoms with E-state index in [9.17, 15) is 4.79 Å². The Kier molecular flexibility index (Phi) is 1.64. The summed E-state index contributed by atoms with van der Waals surface area (Å²) in [5, 5.41) is 0. The maximum absolute atomic E-state index is 11.0. The van der Waals surface area contributed by atoms with Crippen LogP contribution in [0.25, 0.3) is 0 Å². The lowest BCUT2D eigenvalue weighted by Gasteiger charge is -1.90. The predicted molar refractivity (Wildman–Crippen MR) is 42.0 cm³/mol. The van der Waals surface area contributed by atoms with Crippen LogP contribution in [-0.4, -0.2) is 13.1 Å². The molecule has 0 N–H and O–H groups in total. The Balaban J connectivity index is 2.17. The zero-order valence-electron chi connectivity index (χ0n) is 6.87. The second-order valence-corrected chi connectivity index (χ2v) is 3.00. The second kappa shape index (κ2) is 2.66. The van der Waals surface area contributed by atoms with Gasteiger partial charge in [-0.2, -0.15) is 0 Å². The van der Waals surface area contributed by atoms with Crippen molar-refractivity contribution in [3.8, 4) is 0 Å². The number of ether oxygens (including phenoxy) is 1. The molecule has 2 rings (SSSR count). The second-order valence-electron chi connectivity index (χ2n) is 3.00. The first-order valence-corrected chi connectivity index (χ1v) is 3.98. The normalized spacial score (nSPS) is 16.1. The van der Waals surface area contributed by atoms with Gasteiger partial charge in [0.2, 0.25) is 0 Å². The third-order valence-electron chi connectivity index (χ3n) is 2.02. The van der Waals surface area contributed by atoms with Gasteiger partial charge in [0.05, 0.1) is 12.7 Å². The van der Waals surface area contributed by atoms with Crippen molar-refractivity contribution >= 4 is 5.97 Å². The maximum Gasteiger partial charge on any atom is 0.341 e. The van der Waals surface area contributed by atoms with Gasteiger partial charge in [-0.3, -0.25) is 0 Å². The smallest absolute Gasteiger partial charge is 0.341 e. The number of methoxy groups -OCH3 is 1. The first kappa shape index (κ1) is 7.40. The van der Waals surface area contributed by atoms with Crippen LogP contribution < -0.4 is 0 Å². The predicted octanol–water partition coefficient (Wildman–Crippen LogP) is 1.94. The van der Waals surface area contributed by atoms with E-state index in [1.807, 2.05) is 0 Å². The molecule has 1 aromatic heterocycles. The molecule has 0 saturated heterocycles. The number of rotatable bonds is 2. The minimum atomic E-state index is -0.328. The molecule has 0 aliphatic heterocycles. The highest BCUT2D eigenvalue weighted by Crippen LogP contribution is 2.40. The molecule has 0 spiro atoms. The number of esters is 1. The lowest BCUT2D eigenvalue weighted by Crippen LogP contribution is -1.98. The van der Waals surface area contributed by atoms with Gasteiger partial charge >= 0.3 is 5.97 Å². The van der Waals surface area contributed by atoms with Gasteiger partial charge in [0.25, 0.3) is 0 Å². The molecular formula is C9H10O3. The summed E-state index contributed by atoms with van der Waals surface area (Å²) >= 11 is 0. The number of carbonyl (C=O) groups is 1. The Labute approximate surface area is 70.3 Å². The van der Waals surface area contributed by atoms with Gasteiger partial charge in [-0.15, -0.1) is 0 Å². The summed E-state index contributed by atoms with van der Waals surface area (Å²) < 4.78 is 9.76. The van der Waals surface area contributed by atoms with Crippen LogP contribution in [0.5, 0.6) is 0 Å². The lowest BCUT2D eigenvalue weighted by molar-refractivity contribution is 0.0600. The van der Waals surface area contributed by atoms with Crippen LogP contribution in [-0.2, 0) is 4.74 Å². The summed E-state index contributed by atoms with van der Waals surface area (Å²) in [5.74, 6) is 1.13. The number of hydrogen-bond acceptors (Lipinski definition) is 3. The summed E-state index contributed by atoms with van der Waals surface area (Å²) in [4.78, 5) is 11.0. The van der Waals surface area contributed by atoms with E-state index in [-0.39, 0.29) is 5.97 Å². The molecule has 3 nitrogen and oxygen atoms in total. The van der Waals surface area contributed by atoms with E-state index in [0.29, 0.717) is 11.5 Å². The molecule has 0 unspecified atom stereocenters. The molecule has 0 bridgehead atoms. The van der Waals surface area contributed by atoms with E-state index < -0.39 is 0 Å². The fourth-order valence-corrected chi connectivity index (χ4v) is 1.16. The van der Waals surface area contributed by atoms with Crippen LogP contribution in [0.2, 0.25) is 0 Å². The average molecular weight is 166 g/mol. The van der Waals surface area contributed by atoms with Crippen molar-refractivity contribution in [1.82, 2.24) is 0 Å². The first-order valence-electron chi connectivity index (χ1n) is 3.98. The van der Waals surface area contributed by atoms with Gasteiger partial charge in [-0.25, -0.2) is 4.79 Å². The SMILES string of the molecule is COC(=O)c1coc(C2CC2)c1. The molecular weight excluding hydrogens is 156 g/mol. The monoisotopic (exact) mass is 166 g/mol. The zero-order chi connectivity index (χ0) is 8.55. The van der Waals surface area contributed by atoms with Crippen molar-refractivity contribution in [3.63, 3.8) is 0 Å². The van der Waals surface area contributed by atoms with Crippen LogP contribution in [0.4, 0.5) is 0 Å². The van der Waals surface area contributed by atoms with Crippen LogP contribution >= 0.6 is 0 Å². The summed E-state index contributed by atoms with van der Waals surface area (Å²) in [7, 11) is 1.37. The van der Waals surface area contributed by atoms with E-state index in [2.05, 4.69) is 4.74 Å². The molecule has 0 amide bonds. The molecule has 64 valence electrons. The third kappa shape index (κ3) is 1.22. The van der Waals surface area contributed by atoms with Gasteiger partial charge in [0.15, 0.2) is 0 Å². The standard InChI is InChI=1S/C9H10O3/c1-11-9(10)7-4-8(12-5-7)6-2-3-6/h4-6H,2-3H2,1H3.